The number of nitrogens with zero attached hydrogens (tertiary/aromatic N) is 2. The van der Waals surface area contributed by atoms with Gasteiger partial charge in [0, 0.05) is 13.2 Å². The minimum Gasteiger partial charge on any atom is -0.383 e. The largest absolute Gasteiger partial charge is 0.383 e. The van der Waals surface area contributed by atoms with Crippen LogP contribution in [0.15, 0.2) is 28.1 Å². The predicted molar refractivity (Wildman–Crippen MR) is 88.7 cm³/mol. The number of thiophene rings is 1. The van der Waals surface area contributed by atoms with Crippen molar-refractivity contribution in [1.82, 2.24) is 15.5 Å². The first-order valence-electron chi connectivity index (χ1n) is 7.21. The van der Waals surface area contributed by atoms with Crippen molar-refractivity contribution >= 4 is 28.3 Å². The molecule has 1 amide bonds. The molecule has 1 atom stereocenters. The van der Waals surface area contributed by atoms with E-state index in [0.29, 0.717) is 34.7 Å². The van der Waals surface area contributed by atoms with Crippen molar-refractivity contribution < 1.29 is 14.1 Å². The van der Waals surface area contributed by atoms with Crippen molar-refractivity contribution in [3.63, 3.8) is 0 Å². The molecule has 6 nitrogen and oxygen atoms in total. The average Bonchev–Trinajstić information content (AvgIpc) is 3.17. The molecule has 0 saturated carbocycles. The van der Waals surface area contributed by atoms with Crippen LogP contribution in [0.4, 0.5) is 0 Å². The van der Waals surface area contributed by atoms with Crippen LogP contribution in [-0.2, 0) is 4.74 Å². The summed E-state index contributed by atoms with van der Waals surface area (Å²) in [6.07, 6.45) is 0. The predicted octanol–water partition coefficient (Wildman–Crippen LogP) is 3.02. The van der Waals surface area contributed by atoms with E-state index in [1.54, 1.807) is 31.4 Å². The molecular weight excluding hydrogens is 314 g/mol. The molecule has 0 unspecified atom stereocenters. The molecule has 120 valence electrons. The smallest absolute Gasteiger partial charge is 0.259 e. The number of aryl methyl sites for hydroxylation is 1. The van der Waals surface area contributed by atoms with Gasteiger partial charge in [0.2, 0.25) is 0 Å². The van der Waals surface area contributed by atoms with Crippen LogP contribution in [0.25, 0.3) is 21.7 Å². The second-order valence-corrected chi connectivity index (χ2v) is 6.26. The molecule has 23 heavy (non-hydrogen) atoms. The van der Waals surface area contributed by atoms with Crippen LogP contribution in [0.5, 0.6) is 0 Å². The van der Waals surface area contributed by atoms with Gasteiger partial charge in [0.15, 0.2) is 0 Å². The maximum Gasteiger partial charge on any atom is 0.259 e. The van der Waals surface area contributed by atoms with Gasteiger partial charge in [0.1, 0.15) is 0 Å². The van der Waals surface area contributed by atoms with Gasteiger partial charge >= 0.3 is 0 Å². The molecule has 3 rings (SSSR count). The van der Waals surface area contributed by atoms with Crippen molar-refractivity contribution in [2.45, 2.75) is 19.9 Å². The molecule has 3 aromatic heterocycles. The first-order valence-corrected chi connectivity index (χ1v) is 8.09. The van der Waals surface area contributed by atoms with E-state index >= 15 is 0 Å². The molecule has 0 saturated heterocycles. The number of aromatic nitrogens is 2. The summed E-state index contributed by atoms with van der Waals surface area (Å²) in [5.74, 6) is -0.189. The lowest BCUT2D eigenvalue weighted by Crippen LogP contribution is -2.35. The Morgan fingerprint density at radius 3 is 3.04 bits per heavy atom. The molecule has 0 radical (unpaired) electrons. The van der Waals surface area contributed by atoms with Gasteiger partial charge in [-0.2, -0.15) is 0 Å². The summed E-state index contributed by atoms with van der Waals surface area (Å²) in [6.45, 7) is 4.13. The third kappa shape index (κ3) is 3.11. The second kappa shape index (κ2) is 6.47. The number of nitrogens with one attached hydrogen (secondary N) is 1. The fraction of sp³-hybridized carbons (Fsp3) is 0.312. The van der Waals surface area contributed by atoms with Crippen LogP contribution in [0.1, 0.15) is 23.0 Å². The standard InChI is InChI=1S/C16H17N3O3S/c1-9(8-21-3)17-15(20)11-7-12(13-5-4-6-23-13)18-16-14(11)10(2)19-22-16/h4-7,9H,8H2,1-3H3,(H,17,20)/t9-/m0/s1. The Labute approximate surface area is 137 Å². The topological polar surface area (TPSA) is 77.2 Å². The van der Waals surface area contributed by atoms with Crippen LogP contribution in [0, 0.1) is 6.92 Å². The quantitative estimate of drug-likeness (QED) is 0.777. The second-order valence-electron chi connectivity index (χ2n) is 5.31. The van der Waals surface area contributed by atoms with Crippen molar-refractivity contribution in [1.29, 1.82) is 0 Å². The molecule has 0 spiro atoms. The first-order chi connectivity index (χ1) is 11.1. The highest BCUT2D eigenvalue weighted by molar-refractivity contribution is 7.13. The maximum atomic E-state index is 12.7. The van der Waals surface area contributed by atoms with Crippen LogP contribution >= 0.6 is 11.3 Å². The van der Waals surface area contributed by atoms with Crippen LogP contribution in [0.3, 0.4) is 0 Å². The number of ether oxygens (including phenoxy) is 1. The van der Waals surface area contributed by atoms with Crippen molar-refractivity contribution in [2.75, 3.05) is 13.7 Å². The highest BCUT2D eigenvalue weighted by Gasteiger charge is 2.20. The van der Waals surface area contributed by atoms with Crippen molar-refractivity contribution in [2.24, 2.45) is 0 Å². The highest BCUT2D eigenvalue weighted by Crippen LogP contribution is 2.29. The maximum absolute atomic E-state index is 12.7. The molecule has 3 heterocycles. The fourth-order valence-corrected chi connectivity index (χ4v) is 3.10. The SMILES string of the molecule is COC[C@H](C)NC(=O)c1cc(-c2cccs2)nc2onc(C)c12. The third-order valence-electron chi connectivity index (χ3n) is 3.43. The Balaban J connectivity index is 2.06. The molecular formula is C16H17N3O3S. The number of hydrogen-bond acceptors (Lipinski definition) is 6. The van der Waals surface area contributed by atoms with Gasteiger partial charge in [-0.3, -0.25) is 4.79 Å². The van der Waals surface area contributed by atoms with E-state index in [4.69, 9.17) is 9.26 Å². The number of amides is 1. The lowest BCUT2D eigenvalue weighted by Gasteiger charge is -2.13. The number of methoxy groups -OCH3 is 1. The van der Waals surface area contributed by atoms with Gasteiger partial charge in [-0.1, -0.05) is 11.2 Å². The van der Waals surface area contributed by atoms with E-state index in [2.05, 4.69) is 15.5 Å². The van der Waals surface area contributed by atoms with E-state index in [9.17, 15) is 4.79 Å². The van der Waals surface area contributed by atoms with Crippen LogP contribution < -0.4 is 5.32 Å². The van der Waals surface area contributed by atoms with Crippen LogP contribution in [0.2, 0.25) is 0 Å². The number of hydrogen-bond donors (Lipinski definition) is 1. The molecule has 0 bridgehead atoms. The lowest BCUT2D eigenvalue weighted by molar-refractivity contribution is 0.0907. The number of carbonyl (C=O) groups excluding carboxylic acids is 1. The molecule has 0 fully saturated rings. The Hall–Kier alpha value is -2.25. The van der Waals surface area contributed by atoms with Gasteiger partial charge in [-0.05, 0) is 31.4 Å². The summed E-state index contributed by atoms with van der Waals surface area (Å²) in [5.41, 5.74) is 2.24. The zero-order valence-corrected chi connectivity index (χ0v) is 13.9. The van der Waals surface area contributed by atoms with Crippen molar-refractivity contribution in [3.05, 3.63) is 34.8 Å². The highest BCUT2D eigenvalue weighted by atomic mass is 32.1. The zero-order chi connectivity index (χ0) is 16.4. The third-order valence-corrected chi connectivity index (χ3v) is 4.32. The first kappa shape index (κ1) is 15.6. The summed E-state index contributed by atoms with van der Waals surface area (Å²) in [4.78, 5) is 18.1. The summed E-state index contributed by atoms with van der Waals surface area (Å²) >= 11 is 1.56. The monoisotopic (exact) mass is 331 g/mol. The fourth-order valence-electron chi connectivity index (χ4n) is 2.42. The Kier molecular flexibility index (Phi) is 4.40. The van der Waals surface area contributed by atoms with Gasteiger partial charge in [-0.25, -0.2) is 4.98 Å². The Bertz CT molecular complexity index is 827. The van der Waals surface area contributed by atoms with Gasteiger partial charge in [0.05, 0.1) is 33.8 Å². The number of rotatable bonds is 5. The zero-order valence-electron chi connectivity index (χ0n) is 13.1. The van der Waals surface area contributed by atoms with Crippen LogP contribution in [-0.4, -0.2) is 35.8 Å². The normalized spacial score (nSPS) is 12.5. The molecule has 3 aromatic rings. The van der Waals surface area contributed by atoms with E-state index in [-0.39, 0.29) is 11.9 Å². The van der Waals surface area contributed by atoms with E-state index < -0.39 is 0 Å². The number of pyridine rings is 1. The summed E-state index contributed by atoms with van der Waals surface area (Å²) in [6, 6.07) is 5.59. The molecule has 0 aliphatic heterocycles. The average molecular weight is 331 g/mol. The number of fused-ring (bicyclic) bond motifs is 1. The lowest BCUT2D eigenvalue weighted by atomic mass is 10.1. The van der Waals surface area contributed by atoms with E-state index in [0.717, 1.165) is 4.88 Å². The van der Waals surface area contributed by atoms with E-state index in [1.165, 1.54) is 0 Å². The molecule has 7 heteroatoms. The minimum atomic E-state index is -0.189. The summed E-state index contributed by atoms with van der Waals surface area (Å²) in [5, 5.41) is 9.47. The van der Waals surface area contributed by atoms with Gasteiger partial charge < -0.3 is 14.6 Å². The molecule has 0 aromatic carbocycles. The van der Waals surface area contributed by atoms with Gasteiger partial charge in [0.25, 0.3) is 11.6 Å². The van der Waals surface area contributed by atoms with Gasteiger partial charge in [-0.15, -0.1) is 11.3 Å². The summed E-state index contributed by atoms with van der Waals surface area (Å²) < 4.78 is 10.3. The summed E-state index contributed by atoms with van der Waals surface area (Å²) in [7, 11) is 1.60. The molecule has 0 aliphatic rings. The Morgan fingerprint density at radius 1 is 1.52 bits per heavy atom. The molecule has 0 aliphatic carbocycles. The Morgan fingerprint density at radius 2 is 2.35 bits per heavy atom. The number of carbonyl (C=O) groups is 1. The van der Waals surface area contributed by atoms with Crippen molar-refractivity contribution in [3.8, 4) is 10.6 Å². The minimum absolute atomic E-state index is 0.0962. The van der Waals surface area contributed by atoms with E-state index in [1.807, 2.05) is 24.4 Å². The molecule has 1 N–H and O–H groups in total.